The summed E-state index contributed by atoms with van der Waals surface area (Å²) < 4.78 is 6.72. The van der Waals surface area contributed by atoms with Crippen molar-refractivity contribution in [3.63, 3.8) is 0 Å². The number of hydrogen-bond acceptors (Lipinski definition) is 4. The first kappa shape index (κ1) is 21.1. The van der Waals surface area contributed by atoms with Gasteiger partial charge < -0.3 is 10.1 Å². The normalized spacial score (nSPS) is 10.7. The van der Waals surface area contributed by atoms with E-state index >= 15 is 0 Å². The van der Waals surface area contributed by atoms with Gasteiger partial charge in [0, 0.05) is 0 Å². The largest absolute Gasteiger partial charge is 0.462 e. The van der Waals surface area contributed by atoms with Crippen LogP contribution in [0.5, 0.6) is 0 Å². The van der Waals surface area contributed by atoms with Crippen LogP contribution >= 0.6 is 0 Å². The summed E-state index contributed by atoms with van der Waals surface area (Å²) in [6.45, 7) is 1.96. The Morgan fingerprint density at radius 3 is 1.94 bits per heavy atom. The van der Waals surface area contributed by atoms with Gasteiger partial charge in [-0.2, -0.15) is 5.10 Å². The highest BCUT2D eigenvalue weighted by molar-refractivity contribution is 6.03. The fraction of sp³-hybridized carbons (Fsp3) is 0.115. The number of para-hydroxylation sites is 1. The smallest absolute Gasteiger partial charge is 0.343 e. The fourth-order valence-corrected chi connectivity index (χ4v) is 3.57. The van der Waals surface area contributed by atoms with Crippen molar-refractivity contribution in [1.29, 1.82) is 0 Å². The Bertz CT molecular complexity index is 1150. The average Bonchev–Trinajstić information content (AvgIpc) is 3.25. The van der Waals surface area contributed by atoms with Crippen LogP contribution in [0.25, 0.3) is 5.69 Å². The Hall–Kier alpha value is -4.19. The van der Waals surface area contributed by atoms with E-state index in [1.807, 2.05) is 91.0 Å². The third kappa shape index (κ3) is 4.44. The van der Waals surface area contributed by atoms with Gasteiger partial charge in [-0.05, 0) is 30.2 Å². The topological polar surface area (TPSA) is 73.2 Å². The van der Waals surface area contributed by atoms with Gasteiger partial charge in [0.05, 0.1) is 24.4 Å². The van der Waals surface area contributed by atoms with E-state index in [1.54, 1.807) is 6.92 Å². The Labute approximate surface area is 186 Å². The molecule has 0 bridgehead atoms. The third-order valence-electron chi connectivity index (χ3n) is 5.03. The molecular formula is C26H23N3O3. The quantitative estimate of drug-likeness (QED) is 0.431. The summed E-state index contributed by atoms with van der Waals surface area (Å²) >= 11 is 0. The monoisotopic (exact) mass is 425 g/mol. The number of aromatic nitrogens is 2. The molecule has 0 unspecified atom stereocenters. The maximum Gasteiger partial charge on any atom is 0.343 e. The number of esters is 1. The molecule has 4 aromatic rings. The van der Waals surface area contributed by atoms with Gasteiger partial charge in [-0.15, -0.1) is 0 Å². The van der Waals surface area contributed by atoms with Crippen LogP contribution in [0.1, 0.15) is 34.3 Å². The number of benzene rings is 3. The van der Waals surface area contributed by atoms with Gasteiger partial charge >= 0.3 is 5.97 Å². The minimum absolute atomic E-state index is 0.198. The van der Waals surface area contributed by atoms with Crippen molar-refractivity contribution in [1.82, 2.24) is 9.78 Å². The predicted octanol–water partition coefficient (Wildman–Crippen LogP) is 4.82. The molecule has 32 heavy (non-hydrogen) atoms. The second kappa shape index (κ2) is 9.75. The van der Waals surface area contributed by atoms with Crippen molar-refractivity contribution >= 4 is 17.7 Å². The van der Waals surface area contributed by atoms with E-state index in [0.717, 1.165) is 11.1 Å². The lowest BCUT2D eigenvalue weighted by Crippen LogP contribution is -2.25. The van der Waals surface area contributed by atoms with E-state index in [4.69, 9.17) is 4.74 Å². The summed E-state index contributed by atoms with van der Waals surface area (Å²) in [5.41, 5.74) is 2.61. The number of amides is 1. The number of carbonyl (C=O) groups is 2. The first-order valence-corrected chi connectivity index (χ1v) is 10.4. The van der Waals surface area contributed by atoms with Crippen LogP contribution in [0.15, 0.2) is 97.2 Å². The van der Waals surface area contributed by atoms with Crippen molar-refractivity contribution in [3.05, 3.63) is 114 Å². The molecule has 1 aromatic heterocycles. The average molecular weight is 425 g/mol. The summed E-state index contributed by atoms with van der Waals surface area (Å²) in [7, 11) is 0. The van der Waals surface area contributed by atoms with E-state index in [1.165, 1.54) is 10.9 Å². The zero-order valence-corrected chi connectivity index (χ0v) is 17.6. The number of nitrogens with one attached hydrogen (secondary N) is 1. The number of rotatable bonds is 7. The molecule has 0 spiro atoms. The Kier molecular flexibility index (Phi) is 6.41. The van der Waals surface area contributed by atoms with Crippen molar-refractivity contribution in [2.45, 2.75) is 12.8 Å². The molecule has 3 aromatic carbocycles. The van der Waals surface area contributed by atoms with Crippen LogP contribution in [0.2, 0.25) is 0 Å². The highest BCUT2D eigenvalue weighted by Gasteiger charge is 2.27. The van der Waals surface area contributed by atoms with Gasteiger partial charge in [0.1, 0.15) is 5.56 Å². The van der Waals surface area contributed by atoms with E-state index in [2.05, 4.69) is 10.4 Å². The highest BCUT2D eigenvalue weighted by atomic mass is 16.5. The van der Waals surface area contributed by atoms with Crippen LogP contribution < -0.4 is 5.32 Å². The van der Waals surface area contributed by atoms with Crippen LogP contribution in [0.3, 0.4) is 0 Å². The van der Waals surface area contributed by atoms with E-state index < -0.39 is 11.9 Å². The van der Waals surface area contributed by atoms with E-state index in [9.17, 15) is 9.59 Å². The Morgan fingerprint density at radius 1 is 0.875 bits per heavy atom. The number of carbonyl (C=O) groups excluding carboxylic acids is 2. The molecule has 6 nitrogen and oxygen atoms in total. The molecule has 0 aliphatic carbocycles. The first-order chi connectivity index (χ1) is 15.7. The molecule has 1 amide bonds. The summed E-state index contributed by atoms with van der Waals surface area (Å²) in [6.07, 6.45) is 1.42. The molecule has 0 aliphatic rings. The van der Waals surface area contributed by atoms with E-state index in [0.29, 0.717) is 5.69 Å². The third-order valence-corrected chi connectivity index (χ3v) is 5.03. The van der Waals surface area contributed by atoms with Crippen molar-refractivity contribution in [2.24, 2.45) is 0 Å². The van der Waals surface area contributed by atoms with Gasteiger partial charge in [-0.25, -0.2) is 9.48 Å². The van der Waals surface area contributed by atoms with E-state index in [-0.39, 0.29) is 23.9 Å². The van der Waals surface area contributed by atoms with Gasteiger partial charge in [-0.1, -0.05) is 78.9 Å². The van der Waals surface area contributed by atoms with Crippen LogP contribution in [0, 0.1) is 0 Å². The summed E-state index contributed by atoms with van der Waals surface area (Å²) in [4.78, 5) is 26.2. The number of anilines is 1. The minimum Gasteiger partial charge on any atom is -0.462 e. The molecular weight excluding hydrogens is 402 g/mol. The lowest BCUT2D eigenvalue weighted by molar-refractivity contribution is -0.116. The van der Waals surface area contributed by atoms with Gasteiger partial charge in [0.25, 0.3) is 0 Å². The SMILES string of the molecule is CCOC(=O)c1cnn(-c2ccccc2)c1NC(=O)C(c1ccccc1)c1ccccc1. The maximum atomic E-state index is 13.6. The minimum atomic E-state index is -0.563. The molecule has 4 rings (SSSR count). The maximum absolute atomic E-state index is 13.6. The lowest BCUT2D eigenvalue weighted by Gasteiger charge is -2.19. The molecule has 0 atom stereocenters. The second-order valence-corrected chi connectivity index (χ2v) is 7.12. The van der Waals surface area contributed by atoms with Gasteiger partial charge in [0.15, 0.2) is 5.82 Å². The zero-order chi connectivity index (χ0) is 22.3. The summed E-state index contributed by atoms with van der Waals surface area (Å²) in [6, 6.07) is 28.4. The second-order valence-electron chi connectivity index (χ2n) is 7.12. The molecule has 0 fully saturated rings. The molecule has 160 valence electrons. The number of hydrogen-bond donors (Lipinski definition) is 1. The van der Waals surface area contributed by atoms with Crippen LogP contribution in [-0.2, 0) is 9.53 Å². The Morgan fingerprint density at radius 2 is 1.41 bits per heavy atom. The highest BCUT2D eigenvalue weighted by Crippen LogP contribution is 2.28. The molecule has 0 radical (unpaired) electrons. The van der Waals surface area contributed by atoms with Crippen molar-refractivity contribution in [2.75, 3.05) is 11.9 Å². The zero-order valence-electron chi connectivity index (χ0n) is 17.6. The van der Waals surface area contributed by atoms with Crippen LogP contribution in [-0.4, -0.2) is 28.3 Å². The molecule has 0 saturated heterocycles. The van der Waals surface area contributed by atoms with Crippen molar-refractivity contribution in [3.8, 4) is 5.69 Å². The fourth-order valence-electron chi connectivity index (χ4n) is 3.57. The number of ether oxygens (including phenoxy) is 1. The molecule has 0 aliphatic heterocycles. The summed E-state index contributed by atoms with van der Waals surface area (Å²) in [5.74, 6) is -1.10. The molecule has 0 saturated carbocycles. The van der Waals surface area contributed by atoms with Crippen LogP contribution in [0.4, 0.5) is 5.82 Å². The number of nitrogens with zero attached hydrogens (tertiary/aromatic N) is 2. The van der Waals surface area contributed by atoms with Gasteiger partial charge in [0.2, 0.25) is 5.91 Å². The Balaban J connectivity index is 1.76. The summed E-state index contributed by atoms with van der Waals surface area (Å²) in [5, 5.41) is 7.30. The van der Waals surface area contributed by atoms with Gasteiger partial charge in [-0.3, -0.25) is 4.79 Å². The molecule has 1 N–H and O–H groups in total. The molecule has 1 heterocycles. The standard InChI is InChI=1S/C26H23N3O3/c1-2-32-26(31)22-18-27-29(21-16-10-5-11-17-21)24(22)28-25(30)23(19-12-6-3-7-13-19)20-14-8-4-9-15-20/h3-18,23H,2H2,1H3,(H,28,30). The predicted molar refractivity (Wildman–Crippen MR) is 123 cm³/mol. The molecule has 6 heteroatoms. The first-order valence-electron chi connectivity index (χ1n) is 10.4. The van der Waals surface area contributed by atoms with Crippen molar-refractivity contribution < 1.29 is 14.3 Å². The lowest BCUT2D eigenvalue weighted by atomic mass is 9.90.